The number of H-pyrrole nitrogens is 1. The molecule has 0 aliphatic heterocycles. The number of halogens is 1. The number of pyridine rings is 1. The first kappa shape index (κ1) is 11.3. The summed E-state index contributed by atoms with van der Waals surface area (Å²) in [5.41, 5.74) is 0.639. The maximum Gasteiger partial charge on any atom is 0.258 e. The maximum atomic E-state index is 11.7. The number of amides is 1. The highest BCUT2D eigenvalue weighted by Crippen LogP contribution is 2.09. The summed E-state index contributed by atoms with van der Waals surface area (Å²) in [5.74, 6) is -0.106. The molecule has 17 heavy (non-hydrogen) atoms. The Morgan fingerprint density at radius 2 is 2.29 bits per heavy atom. The van der Waals surface area contributed by atoms with E-state index in [0.29, 0.717) is 17.0 Å². The standard InChI is InChI=1S/C10H7ClN4O2/c11-8-2-1-6(4-12-8)10(17)13-9-3-7(5-16)14-15-9/h1-5H,(H2,13,14,15,17). The minimum Gasteiger partial charge on any atom is -0.305 e. The van der Waals surface area contributed by atoms with Crippen molar-refractivity contribution in [3.05, 3.63) is 40.8 Å². The van der Waals surface area contributed by atoms with Gasteiger partial charge in [0.05, 0.1) is 11.3 Å². The van der Waals surface area contributed by atoms with Gasteiger partial charge in [0.15, 0.2) is 12.1 Å². The fraction of sp³-hybridized carbons (Fsp3) is 0. The maximum absolute atomic E-state index is 11.7. The van der Waals surface area contributed by atoms with Gasteiger partial charge in [0, 0.05) is 12.3 Å². The van der Waals surface area contributed by atoms with Crippen LogP contribution in [0.15, 0.2) is 24.4 Å². The van der Waals surface area contributed by atoms with E-state index in [2.05, 4.69) is 20.5 Å². The lowest BCUT2D eigenvalue weighted by Gasteiger charge is -2.00. The number of rotatable bonds is 3. The summed E-state index contributed by atoms with van der Waals surface area (Å²) in [4.78, 5) is 25.9. The third-order valence-electron chi connectivity index (χ3n) is 1.96. The molecule has 0 aliphatic rings. The summed E-state index contributed by atoms with van der Waals surface area (Å²) in [6.45, 7) is 0. The van der Waals surface area contributed by atoms with Gasteiger partial charge in [-0.25, -0.2) is 4.98 Å². The molecule has 7 heteroatoms. The second-order valence-electron chi connectivity index (χ2n) is 3.15. The van der Waals surface area contributed by atoms with Crippen LogP contribution in [0, 0.1) is 0 Å². The zero-order valence-corrected chi connectivity index (χ0v) is 9.23. The smallest absolute Gasteiger partial charge is 0.258 e. The van der Waals surface area contributed by atoms with Crippen molar-refractivity contribution in [2.75, 3.05) is 5.32 Å². The lowest BCUT2D eigenvalue weighted by Crippen LogP contribution is -2.12. The average Bonchev–Trinajstić information content (AvgIpc) is 2.77. The third kappa shape index (κ3) is 2.67. The highest BCUT2D eigenvalue weighted by Gasteiger charge is 2.08. The Labute approximate surface area is 101 Å². The Hall–Kier alpha value is -2.21. The number of aromatic amines is 1. The van der Waals surface area contributed by atoms with Crippen LogP contribution in [0.5, 0.6) is 0 Å². The zero-order chi connectivity index (χ0) is 12.3. The van der Waals surface area contributed by atoms with Crippen molar-refractivity contribution < 1.29 is 9.59 Å². The predicted molar refractivity (Wildman–Crippen MR) is 61.2 cm³/mol. The third-order valence-corrected chi connectivity index (χ3v) is 2.18. The molecule has 2 rings (SSSR count). The first-order valence-electron chi connectivity index (χ1n) is 4.62. The monoisotopic (exact) mass is 250 g/mol. The van der Waals surface area contributed by atoms with E-state index < -0.39 is 0 Å². The quantitative estimate of drug-likeness (QED) is 0.639. The van der Waals surface area contributed by atoms with E-state index in [1.54, 1.807) is 0 Å². The van der Waals surface area contributed by atoms with Crippen LogP contribution in [0.1, 0.15) is 20.8 Å². The molecule has 0 fully saturated rings. The number of hydrogen-bond acceptors (Lipinski definition) is 4. The van der Waals surface area contributed by atoms with Gasteiger partial charge < -0.3 is 5.32 Å². The topological polar surface area (TPSA) is 87.7 Å². The number of aromatic nitrogens is 3. The van der Waals surface area contributed by atoms with Crippen LogP contribution in [0.2, 0.25) is 5.15 Å². The first-order valence-corrected chi connectivity index (χ1v) is 5.00. The van der Waals surface area contributed by atoms with Crippen molar-refractivity contribution in [1.82, 2.24) is 15.2 Å². The van der Waals surface area contributed by atoms with Crippen LogP contribution in [0.4, 0.5) is 5.82 Å². The van der Waals surface area contributed by atoms with Crippen LogP contribution in [-0.2, 0) is 0 Å². The predicted octanol–water partition coefficient (Wildman–Crippen LogP) is 1.52. The molecule has 0 atom stereocenters. The number of nitrogens with one attached hydrogen (secondary N) is 2. The van der Waals surface area contributed by atoms with Gasteiger partial charge >= 0.3 is 0 Å². The van der Waals surface area contributed by atoms with Crippen LogP contribution in [0.3, 0.4) is 0 Å². The highest BCUT2D eigenvalue weighted by atomic mass is 35.5. The van der Waals surface area contributed by atoms with E-state index in [4.69, 9.17) is 11.6 Å². The van der Waals surface area contributed by atoms with Crippen molar-refractivity contribution in [3.8, 4) is 0 Å². The van der Waals surface area contributed by atoms with Crippen molar-refractivity contribution >= 4 is 29.6 Å². The number of anilines is 1. The first-order chi connectivity index (χ1) is 8.19. The van der Waals surface area contributed by atoms with Gasteiger partial charge in [-0.2, -0.15) is 5.10 Å². The SMILES string of the molecule is O=Cc1cc(NC(=O)c2ccc(Cl)nc2)n[nH]1. The van der Waals surface area contributed by atoms with Crippen molar-refractivity contribution in [2.24, 2.45) is 0 Å². The van der Waals surface area contributed by atoms with Crippen LogP contribution in [-0.4, -0.2) is 27.4 Å². The molecule has 0 spiro atoms. The van der Waals surface area contributed by atoms with Crippen molar-refractivity contribution in [1.29, 1.82) is 0 Å². The highest BCUT2D eigenvalue weighted by molar-refractivity contribution is 6.29. The van der Waals surface area contributed by atoms with Gasteiger partial charge in [0.2, 0.25) is 0 Å². The average molecular weight is 251 g/mol. The van der Waals surface area contributed by atoms with Gasteiger partial charge in [0.25, 0.3) is 5.91 Å². The lowest BCUT2D eigenvalue weighted by molar-refractivity contribution is 0.102. The van der Waals surface area contributed by atoms with E-state index in [-0.39, 0.29) is 17.4 Å². The molecule has 2 aromatic rings. The molecule has 6 nitrogen and oxygen atoms in total. The minimum absolute atomic E-state index is 0.270. The molecule has 0 aromatic carbocycles. The van der Waals surface area contributed by atoms with E-state index >= 15 is 0 Å². The van der Waals surface area contributed by atoms with E-state index in [1.807, 2.05) is 0 Å². The minimum atomic E-state index is -0.377. The molecule has 2 heterocycles. The van der Waals surface area contributed by atoms with Crippen molar-refractivity contribution in [2.45, 2.75) is 0 Å². The summed E-state index contributed by atoms with van der Waals surface area (Å²) in [6, 6.07) is 4.48. The summed E-state index contributed by atoms with van der Waals surface area (Å²) in [7, 11) is 0. The molecule has 2 aromatic heterocycles. The molecular formula is C10H7ClN4O2. The second-order valence-corrected chi connectivity index (χ2v) is 3.54. The largest absolute Gasteiger partial charge is 0.305 e. The van der Waals surface area contributed by atoms with Crippen molar-refractivity contribution in [3.63, 3.8) is 0 Å². The molecule has 1 amide bonds. The molecule has 0 unspecified atom stereocenters. The summed E-state index contributed by atoms with van der Waals surface area (Å²) in [5, 5.41) is 9.01. The Balaban J connectivity index is 2.11. The van der Waals surface area contributed by atoms with Gasteiger partial charge in [-0.1, -0.05) is 11.6 Å². The fourth-order valence-electron chi connectivity index (χ4n) is 1.16. The second kappa shape index (κ2) is 4.75. The normalized spacial score (nSPS) is 9.94. The zero-order valence-electron chi connectivity index (χ0n) is 8.48. The van der Waals surface area contributed by atoms with Gasteiger partial charge in [-0.3, -0.25) is 14.7 Å². The molecule has 0 saturated heterocycles. The molecule has 0 radical (unpaired) electrons. The lowest BCUT2D eigenvalue weighted by atomic mass is 10.3. The number of nitrogens with zero attached hydrogens (tertiary/aromatic N) is 2. The fourth-order valence-corrected chi connectivity index (χ4v) is 1.27. The number of carbonyl (C=O) groups is 2. The Morgan fingerprint density at radius 3 is 2.88 bits per heavy atom. The number of hydrogen-bond donors (Lipinski definition) is 2. The Morgan fingerprint density at radius 1 is 1.47 bits per heavy atom. The Bertz CT molecular complexity index is 550. The molecule has 0 bridgehead atoms. The molecule has 86 valence electrons. The molecule has 0 aliphatic carbocycles. The number of aldehydes is 1. The molecular weight excluding hydrogens is 244 g/mol. The van der Waals surface area contributed by atoms with Crippen LogP contribution in [0.25, 0.3) is 0 Å². The van der Waals surface area contributed by atoms with E-state index in [0.717, 1.165) is 0 Å². The molecule has 0 saturated carbocycles. The van der Waals surface area contributed by atoms with Crippen LogP contribution < -0.4 is 5.32 Å². The van der Waals surface area contributed by atoms with Gasteiger partial charge in [0.1, 0.15) is 5.15 Å². The summed E-state index contributed by atoms with van der Waals surface area (Å²) >= 11 is 5.60. The molecule has 2 N–H and O–H groups in total. The summed E-state index contributed by atoms with van der Waals surface area (Å²) in [6.07, 6.45) is 1.96. The summed E-state index contributed by atoms with van der Waals surface area (Å²) < 4.78 is 0. The number of carbonyl (C=O) groups excluding carboxylic acids is 2. The Kier molecular flexibility index (Phi) is 3.15. The van der Waals surface area contributed by atoms with E-state index in [9.17, 15) is 9.59 Å². The van der Waals surface area contributed by atoms with E-state index in [1.165, 1.54) is 24.4 Å². The van der Waals surface area contributed by atoms with Gasteiger partial charge in [-0.05, 0) is 12.1 Å². The van der Waals surface area contributed by atoms with Crippen LogP contribution >= 0.6 is 11.6 Å². The van der Waals surface area contributed by atoms with Gasteiger partial charge in [-0.15, -0.1) is 0 Å².